The van der Waals surface area contributed by atoms with Gasteiger partial charge in [0.1, 0.15) is 23.6 Å². The van der Waals surface area contributed by atoms with Crippen LogP contribution < -0.4 is 20.1 Å². The van der Waals surface area contributed by atoms with E-state index < -0.39 is 0 Å². The highest BCUT2D eigenvalue weighted by Gasteiger charge is 2.19. The van der Waals surface area contributed by atoms with Crippen LogP contribution in [-0.2, 0) is 13.0 Å². The number of ether oxygens (including phenoxy) is 2. The summed E-state index contributed by atoms with van der Waals surface area (Å²) in [5.41, 5.74) is 3.70. The maximum absolute atomic E-state index is 12.9. The Morgan fingerprint density at radius 3 is 2.54 bits per heavy atom. The number of rotatable bonds is 9. The topological polar surface area (TPSA) is 98.3 Å². The van der Waals surface area contributed by atoms with Crippen LogP contribution in [0.2, 0.25) is 5.02 Å². The first-order valence-corrected chi connectivity index (χ1v) is 11.6. The van der Waals surface area contributed by atoms with E-state index in [4.69, 9.17) is 21.1 Å². The van der Waals surface area contributed by atoms with Gasteiger partial charge in [-0.15, -0.1) is 0 Å². The van der Waals surface area contributed by atoms with Crippen molar-refractivity contribution >= 4 is 39.9 Å². The zero-order valence-electron chi connectivity index (χ0n) is 19.8. The molecule has 0 bridgehead atoms. The Bertz CT molecular complexity index is 1350. The molecule has 2 aromatic heterocycles. The average molecular weight is 492 g/mol. The molecule has 4 rings (SSSR count). The number of aryl methyl sites for hydroxylation is 1. The van der Waals surface area contributed by atoms with Gasteiger partial charge in [-0.2, -0.15) is 0 Å². The van der Waals surface area contributed by atoms with E-state index in [0.717, 1.165) is 34.9 Å². The number of hydrogen-bond acceptors (Lipinski definition) is 7. The van der Waals surface area contributed by atoms with Crippen LogP contribution in [-0.4, -0.2) is 35.1 Å². The highest BCUT2D eigenvalue weighted by atomic mass is 35.5. The molecule has 35 heavy (non-hydrogen) atoms. The van der Waals surface area contributed by atoms with Crippen LogP contribution in [0, 0.1) is 0 Å². The number of pyridine rings is 1. The van der Waals surface area contributed by atoms with Crippen LogP contribution in [0.15, 0.2) is 55.1 Å². The number of aromatic nitrogens is 3. The minimum atomic E-state index is -0.258. The summed E-state index contributed by atoms with van der Waals surface area (Å²) < 4.78 is 11.0. The summed E-state index contributed by atoms with van der Waals surface area (Å²) in [7, 11) is 3.18. The number of carbonyl (C=O) groups is 1. The molecular formula is C26H26ClN5O3. The summed E-state index contributed by atoms with van der Waals surface area (Å²) in [4.78, 5) is 25.9. The molecule has 9 heteroatoms. The molecule has 0 aliphatic carbocycles. The van der Waals surface area contributed by atoms with Crippen molar-refractivity contribution in [1.29, 1.82) is 0 Å². The molecule has 4 aromatic rings. The molecule has 1 amide bonds. The van der Waals surface area contributed by atoms with Crippen LogP contribution in [0.25, 0.3) is 10.9 Å². The van der Waals surface area contributed by atoms with Crippen molar-refractivity contribution < 1.29 is 14.3 Å². The molecule has 2 N–H and O–H groups in total. The molecule has 0 aliphatic rings. The Hall–Kier alpha value is -3.91. The van der Waals surface area contributed by atoms with Crippen molar-refractivity contribution in [2.75, 3.05) is 24.9 Å². The molecule has 2 heterocycles. The van der Waals surface area contributed by atoms with E-state index in [1.807, 2.05) is 24.3 Å². The minimum absolute atomic E-state index is 0.258. The molecular weight excluding hydrogens is 466 g/mol. The Balaban J connectivity index is 1.73. The average Bonchev–Trinajstić information content (AvgIpc) is 2.88. The number of amides is 1. The van der Waals surface area contributed by atoms with E-state index in [-0.39, 0.29) is 5.91 Å². The van der Waals surface area contributed by atoms with E-state index >= 15 is 0 Å². The first kappa shape index (κ1) is 24.2. The quantitative estimate of drug-likeness (QED) is 0.318. The molecule has 8 nitrogen and oxygen atoms in total. The van der Waals surface area contributed by atoms with Crippen LogP contribution in [0.5, 0.6) is 11.5 Å². The Labute approximate surface area is 208 Å². The predicted octanol–water partition coefficient (Wildman–Crippen LogP) is 5.51. The van der Waals surface area contributed by atoms with Crippen molar-refractivity contribution in [3.05, 3.63) is 76.8 Å². The lowest BCUT2D eigenvalue weighted by Crippen LogP contribution is -2.14. The lowest BCUT2D eigenvalue weighted by molar-refractivity contribution is 0.102. The predicted molar refractivity (Wildman–Crippen MR) is 138 cm³/mol. The fourth-order valence-electron chi connectivity index (χ4n) is 3.90. The smallest absolute Gasteiger partial charge is 0.255 e. The summed E-state index contributed by atoms with van der Waals surface area (Å²) in [5, 5.41) is 7.68. The third-order valence-corrected chi connectivity index (χ3v) is 5.84. The fraction of sp³-hybridized carbons (Fsp3) is 0.231. The maximum atomic E-state index is 12.9. The number of fused-ring (bicyclic) bond motifs is 1. The summed E-state index contributed by atoms with van der Waals surface area (Å²) in [6.45, 7) is 2.57. The first-order chi connectivity index (χ1) is 17.0. The largest absolute Gasteiger partial charge is 0.495 e. The number of methoxy groups -OCH3 is 2. The van der Waals surface area contributed by atoms with Gasteiger partial charge in [0.05, 0.1) is 30.4 Å². The second-order valence-corrected chi connectivity index (χ2v) is 8.22. The zero-order valence-corrected chi connectivity index (χ0v) is 20.5. The lowest BCUT2D eigenvalue weighted by Gasteiger charge is -2.18. The fourth-order valence-corrected chi connectivity index (χ4v) is 4.19. The summed E-state index contributed by atoms with van der Waals surface area (Å²) in [6, 6.07) is 10.8. The summed E-state index contributed by atoms with van der Waals surface area (Å²) in [6.07, 6.45) is 6.29. The number of carbonyl (C=O) groups excluding carboxylic acids is 1. The molecule has 0 atom stereocenters. The maximum Gasteiger partial charge on any atom is 0.255 e. The molecule has 0 spiro atoms. The number of benzene rings is 2. The highest BCUT2D eigenvalue weighted by molar-refractivity contribution is 6.32. The Morgan fingerprint density at radius 2 is 1.86 bits per heavy atom. The van der Waals surface area contributed by atoms with Crippen molar-refractivity contribution in [2.24, 2.45) is 0 Å². The van der Waals surface area contributed by atoms with Crippen LogP contribution in [0.4, 0.5) is 11.5 Å². The minimum Gasteiger partial charge on any atom is -0.495 e. The number of anilines is 2. The standard InChI is InChI=1S/C26H26ClN5O3/c1-4-5-18-23-19(13-21(24(18)35-3)32-26(33)17-8-10-28-11-9-17)25(31-15-30-23)29-14-16-6-7-22(34-2)20(27)12-16/h6-13,15H,4-5,14H2,1-3H3,(H,32,33)(H,29,30,31). The molecule has 0 fully saturated rings. The van der Waals surface area contributed by atoms with Gasteiger partial charge in [-0.05, 0) is 42.3 Å². The zero-order chi connectivity index (χ0) is 24.8. The van der Waals surface area contributed by atoms with Crippen LogP contribution in [0.3, 0.4) is 0 Å². The molecule has 0 radical (unpaired) electrons. The number of halogens is 1. The van der Waals surface area contributed by atoms with Gasteiger partial charge in [0.25, 0.3) is 5.91 Å². The number of nitrogens with zero attached hydrogens (tertiary/aromatic N) is 3. The SMILES string of the molecule is CCCc1c(OC)c(NC(=O)c2ccncc2)cc2c(NCc3ccc(OC)c(Cl)c3)ncnc12. The lowest BCUT2D eigenvalue weighted by atomic mass is 10.0. The van der Waals surface area contributed by atoms with Crippen molar-refractivity contribution in [3.8, 4) is 11.5 Å². The second kappa shape index (κ2) is 11.0. The van der Waals surface area contributed by atoms with Crippen LogP contribution >= 0.6 is 11.6 Å². The number of nitrogens with one attached hydrogen (secondary N) is 2. The van der Waals surface area contributed by atoms with E-state index in [1.165, 1.54) is 6.33 Å². The van der Waals surface area contributed by atoms with Crippen molar-refractivity contribution in [1.82, 2.24) is 15.0 Å². The van der Waals surface area contributed by atoms with Crippen molar-refractivity contribution in [3.63, 3.8) is 0 Å². The van der Waals surface area contributed by atoms with Gasteiger partial charge in [-0.25, -0.2) is 9.97 Å². The third kappa shape index (κ3) is 5.27. The summed E-state index contributed by atoms with van der Waals surface area (Å²) >= 11 is 6.28. The molecule has 0 aliphatic heterocycles. The van der Waals surface area contributed by atoms with E-state index in [9.17, 15) is 4.79 Å². The molecule has 2 aromatic carbocycles. The van der Waals surface area contributed by atoms with Gasteiger partial charge in [0.15, 0.2) is 0 Å². The van der Waals surface area contributed by atoms with Gasteiger partial charge in [-0.1, -0.05) is 31.0 Å². The third-order valence-electron chi connectivity index (χ3n) is 5.55. The van der Waals surface area contributed by atoms with Gasteiger partial charge >= 0.3 is 0 Å². The van der Waals surface area contributed by atoms with E-state index in [2.05, 4.69) is 32.5 Å². The van der Waals surface area contributed by atoms with Gasteiger partial charge in [0.2, 0.25) is 0 Å². The normalized spacial score (nSPS) is 10.7. The van der Waals surface area contributed by atoms with Gasteiger partial charge < -0.3 is 20.1 Å². The summed E-state index contributed by atoms with van der Waals surface area (Å²) in [5.74, 6) is 1.59. The van der Waals surface area contributed by atoms with Crippen LogP contribution in [0.1, 0.15) is 34.8 Å². The second-order valence-electron chi connectivity index (χ2n) is 7.82. The first-order valence-electron chi connectivity index (χ1n) is 11.2. The number of hydrogen-bond donors (Lipinski definition) is 2. The van der Waals surface area contributed by atoms with Crippen molar-refractivity contribution in [2.45, 2.75) is 26.3 Å². The molecule has 0 saturated heterocycles. The van der Waals surface area contributed by atoms with E-state index in [0.29, 0.717) is 40.1 Å². The van der Waals surface area contributed by atoms with E-state index in [1.54, 1.807) is 38.7 Å². The molecule has 180 valence electrons. The Kier molecular flexibility index (Phi) is 7.62. The molecule has 0 unspecified atom stereocenters. The van der Waals surface area contributed by atoms with Gasteiger partial charge in [-0.3, -0.25) is 9.78 Å². The Morgan fingerprint density at radius 1 is 1.06 bits per heavy atom. The monoisotopic (exact) mass is 491 g/mol. The van der Waals surface area contributed by atoms with Gasteiger partial charge in [0, 0.05) is 35.5 Å². The molecule has 0 saturated carbocycles. The highest BCUT2D eigenvalue weighted by Crippen LogP contribution is 2.38.